The lowest BCUT2D eigenvalue weighted by atomic mass is 10.1. The summed E-state index contributed by atoms with van der Waals surface area (Å²) in [6, 6.07) is 9.49. The van der Waals surface area contributed by atoms with Crippen molar-refractivity contribution in [2.24, 2.45) is 0 Å². The third kappa shape index (κ3) is 2.48. The molecule has 1 heterocycles. The van der Waals surface area contributed by atoms with Gasteiger partial charge in [-0.3, -0.25) is 9.69 Å². The van der Waals surface area contributed by atoms with Crippen molar-refractivity contribution in [3.05, 3.63) is 30.3 Å². The first kappa shape index (κ1) is 12.1. The summed E-state index contributed by atoms with van der Waals surface area (Å²) < 4.78 is 0. The van der Waals surface area contributed by atoms with E-state index in [1.165, 1.54) is 0 Å². The van der Waals surface area contributed by atoms with E-state index in [1.54, 1.807) is 4.90 Å². The quantitative estimate of drug-likeness (QED) is 0.838. The highest BCUT2D eigenvalue weighted by atomic mass is 16.3. The first-order chi connectivity index (χ1) is 8.24. The Hall–Kier alpha value is -1.39. The summed E-state index contributed by atoms with van der Waals surface area (Å²) in [5, 5.41) is 9.01. The van der Waals surface area contributed by atoms with Gasteiger partial charge in [0.1, 0.15) is 0 Å². The Morgan fingerprint density at radius 1 is 1.29 bits per heavy atom. The molecule has 2 rings (SSSR count). The Balaban J connectivity index is 2.18. The highest BCUT2D eigenvalue weighted by molar-refractivity contribution is 5.97. The SMILES string of the molecule is CN1CCN(c2ccccc2)C(=O)C1CCO. The van der Waals surface area contributed by atoms with Crippen molar-refractivity contribution in [2.75, 3.05) is 31.6 Å². The van der Waals surface area contributed by atoms with Crippen LogP contribution in [0.5, 0.6) is 0 Å². The molecule has 0 bridgehead atoms. The second-order valence-corrected chi connectivity index (χ2v) is 4.33. The maximum absolute atomic E-state index is 12.3. The minimum absolute atomic E-state index is 0.0450. The largest absolute Gasteiger partial charge is 0.396 e. The van der Waals surface area contributed by atoms with Crippen LogP contribution in [0.1, 0.15) is 6.42 Å². The number of carbonyl (C=O) groups is 1. The van der Waals surface area contributed by atoms with E-state index in [2.05, 4.69) is 0 Å². The molecule has 0 aromatic heterocycles. The number of likely N-dealkylation sites (N-methyl/N-ethyl adjacent to an activating group) is 1. The predicted molar refractivity (Wildman–Crippen MR) is 66.9 cm³/mol. The average Bonchev–Trinajstić information content (AvgIpc) is 2.36. The van der Waals surface area contributed by atoms with Crippen LogP contribution in [0.3, 0.4) is 0 Å². The van der Waals surface area contributed by atoms with Gasteiger partial charge in [0.15, 0.2) is 0 Å². The number of aliphatic hydroxyl groups excluding tert-OH is 1. The standard InChI is InChI=1S/C13H18N2O2/c1-14-8-9-15(11-5-3-2-4-6-11)13(17)12(14)7-10-16/h2-6,12,16H,7-10H2,1H3. The third-order valence-corrected chi connectivity index (χ3v) is 3.23. The zero-order valence-electron chi connectivity index (χ0n) is 10.0. The van der Waals surface area contributed by atoms with Gasteiger partial charge in [-0.25, -0.2) is 0 Å². The maximum atomic E-state index is 12.3. The molecule has 1 saturated heterocycles. The molecule has 0 radical (unpaired) electrons. The molecule has 92 valence electrons. The Bertz CT molecular complexity index is 380. The molecule has 1 aromatic rings. The third-order valence-electron chi connectivity index (χ3n) is 3.23. The van der Waals surface area contributed by atoms with Crippen molar-refractivity contribution >= 4 is 11.6 Å². The first-order valence-electron chi connectivity index (χ1n) is 5.91. The number of carbonyl (C=O) groups excluding carboxylic acids is 1. The summed E-state index contributed by atoms with van der Waals surface area (Å²) >= 11 is 0. The number of para-hydroxylation sites is 1. The van der Waals surface area contributed by atoms with Crippen molar-refractivity contribution in [3.63, 3.8) is 0 Å². The van der Waals surface area contributed by atoms with Crippen molar-refractivity contribution in [1.82, 2.24) is 4.90 Å². The van der Waals surface area contributed by atoms with E-state index < -0.39 is 0 Å². The van der Waals surface area contributed by atoms with Crippen molar-refractivity contribution in [1.29, 1.82) is 0 Å². The number of piperazine rings is 1. The highest BCUT2D eigenvalue weighted by Gasteiger charge is 2.32. The Kier molecular flexibility index (Phi) is 3.76. The van der Waals surface area contributed by atoms with Gasteiger partial charge < -0.3 is 10.0 Å². The van der Waals surface area contributed by atoms with E-state index in [0.29, 0.717) is 13.0 Å². The molecule has 1 atom stereocenters. The van der Waals surface area contributed by atoms with Crippen LogP contribution in [0.2, 0.25) is 0 Å². The minimum Gasteiger partial charge on any atom is -0.396 e. The molecular weight excluding hydrogens is 216 g/mol. The van der Waals surface area contributed by atoms with Gasteiger partial charge in [0.05, 0.1) is 6.04 Å². The van der Waals surface area contributed by atoms with Gasteiger partial charge in [-0.15, -0.1) is 0 Å². The number of aliphatic hydroxyl groups is 1. The van der Waals surface area contributed by atoms with Crippen LogP contribution in [-0.2, 0) is 4.79 Å². The molecular formula is C13H18N2O2. The van der Waals surface area contributed by atoms with Gasteiger partial charge >= 0.3 is 0 Å². The lowest BCUT2D eigenvalue weighted by Gasteiger charge is -2.38. The Morgan fingerprint density at radius 3 is 2.65 bits per heavy atom. The second kappa shape index (κ2) is 5.29. The highest BCUT2D eigenvalue weighted by Crippen LogP contribution is 2.20. The molecule has 1 aliphatic heterocycles. The van der Waals surface area contributed by atoms with Crippen molar-refractivity contribution in [3.8, 4) is 0 Å². The molecule has 0 saturated carbocycles. The second-order valence-electron chi connectivity index (χ2n) is 4.33. The zero-order valence-corrected chi connectivity index (χ0v) is 10.0. The van der Waals surface area contributed by atoms with E-state index in [4.69, 9.17) is 5.11 Å². The minimum atomic E-state index is -0.200. The van der Waals surface area contributed by atoms with Crippen molar-refractivity contribution < 1.29 is 9.90 Å². The van der Waals surface area contributed by atoms with E-state index in [-0.39, 0.29) is 18.6 Å². The van der Waals surface area contributed by atoms with E-state index in [0.717, 1.165) is 12.2 Å². The molecule has 1 aromatic carbocycles. The van der Waals surface area contributed by atoms with Crippen LogP contribution < -0.4 is 4.90 Å². The summed E-state index contributed by atoms with van der Waals surface area (Å²) in [5.74, 6) is 0.0824. The van der Waals surface area contributed by atoms with Gasteiger partial charge in [0.25, 0.3) is 0 Å². The fourth-order valence-electron chi connectivity index (χ4n) is 2.22. The monoisotopic (exact) mass is 234 g/mol. The van der Waals surface area contributed by atoms with Crippen LogP contribution in [0, 0.1) is 0 Å². The molecule has 1 fully saturated rings. The van der Waals surface area contributed by atoms with Gasteiger partial charge in [-0.1, -0.05) is 18.2 Å². The summed E-state index contributed by atoms with van der Waals surface area (Å²) in [6.45, 7) is 1.59. The number of nitrogens with zero attached hydrogens (tertiary/aromatic N) is 2. The van der Waals surface area contributed by atoms with Crippen LogP contribution in [0.15, 0.2) is 30.3 Å². The van der Waals surface area contributed by atoms with Gasteiger partial charge in [-0.2, -0.15) is 0 Å². The van der Waals surface area contributed by atoms with Crippen LogP contribution in [0.25, 0.3) is 0 Å². The van der Waals surface area contributed by atoms with E-state index in [1.807, 2.05) is 42.3 Å². The van der Waals surface area contributed by atoms with Crippen molar-refractivity contribution in [2.45, 2.75) is 12.5 Å². The number of amides is 1. The average molecular weight is 234 g/mol. The molecule has 1 N–H and O–H groups in total. The molecule has 1 unspecified atom stereocenters. The maximum Gasteiger partial charge on any atom is 0.244 e. The number of anilines is 1. The van der Waals surface area contributed by atoms with E-state index >= 15 is 0 Å². The molecule has 1 amide bonds. The van der Waals surface area contributed by atoms with Gasteiger partial charge in [0, 0.05) is 25.4 Å². The summed E-state index contributed by atoms with van der Waals surface area (Å²) in [6.07, 6.45) is 0.499. The number of benzene rings is 1. The lowest BCUT2D eigenvalue weighted by Crippen LogP contribution is -2.56. The molecule has 0 aliphatic carbocycles. The Labute approximate surface area is 101 Å². The fourth-order valence-corrected chi connectivity index (χ4v) is 2.22. The molecule has 17 heavy (non-hydrogen) atoms. The van der Waals surface area contributed by atoms with Gasteiger partial charge in [0.2, 0.25) is 5.91 Å². The predicted octanol–water partition coefficient (Wildman–Crippen LogP) is 0.716. The Morgan fingerprint density at radius 2 is 2.00 bits per heavy atom. The van der Waals surface area contributed by atoms with Crippen LogP contribution >= 0.6 is 0 Å². The zero-order chi connectivity index (χ0) is 12.3. The molecule has 4 heteroatoms. The summed E-state index contributed by atoms with van der Waals surface area (Å²) in [4.78, 5) is 16.1. The summed E-state index contributed by atoms with van der Waals surface area (Å²) in [5.41, 5.74) is 0.938. The molecule has 0 spiro atoms. The first-order valence-corrected chi connectivity index (χ1v) is 5.91. The van der Waals surface area contributed by atoms with Crippen LogP contribution in [-0.4, -0.2) is 48.7 Å². The number of hydrogen-bond acceptors (Lipinski definition) is 3. The van der Waals surface area contributed by atoms with Crippen LogP contribution in [0.4, 0.5) is 5.69 Å². The normalized spacial score (nSPS) is 21.9. The molecule has 1 aliphatic rings. The summed E-state index contributed by atoms with van der Waals surface area (Å²) in [7, 11) is 1.93. The topological polar surface area (TPSA) is 43.8 Å². The molecule has 4 nitrogen and oxygen atoms in total. The van der Waals surface area contributed by atoms with E-state index in [9.17, 15) is 4.79 Å². The number of hydrogen-bond donors (Lipinski definition) is 1. The van der Waals surface area contributed by atoms with Gasteiger partial charge in [-0.05, 0) is 25.6 Å². The number of rotatable bonds is 3. The fraction of sp³-hybridized carbons (Fsp3) is 0.462. The lowest BCUT2D eigenvalue weighted by molar-refractivity contribution is -0.125. The smallest absolute Gasteiger partial charge is 0.244 e.